The Morgan fingerprint density at radius 1 is 0.570 bits per heavy atom. The van der Waals surface area contributed by atoms with Gasteiger partial charge < -0.3 is 66.7 Å². The van der Waals surface area contributed by atoms with E-state index in [4.69, 9.17) is 113 Å². The molecule has 0 amide bonds. The molecule has 1 aliphatic rings. The summed E-state index contributed by atoms with van der Waals surface area (Å²) in [6.07, 6.45) is 9.56. The number of carboxylic acid groups (broad SMARTS) is 1. The molecule has 1 fully saturated rings. The largest absolute Gasteiger partial charge is 1.00 e. The number of nitrogens with zero attached hydrogens (tertiary/aromatic N) is 8. The van der Waals surface area contributed by atoms with E-state index in [0.29, 0.717) is 55.3 Å². The number of halogens is 12. The summed E-state index contributed by atoms with van der Waals surface area (Å²) in [6.45, 7) is 16.9. The summed E-state index contributed by atoms with van der Waals surface area (Å²) < 4.78 is 105. The van der Waals surface area contributed by atoms with Gasteiger partial charge in [0.15, 0.2) is 40.0 Å². The molecule has 1 saturated heterocycles. The second-order valence-electron chi connectivity index (χ2n) is 27.0. The number of aromatic hydroxyl groups is 1. The Bertz CT molecular complexity index is 5330. The van der Waals surface area contributed by atoms with Gasteiger partial charge in [0.25, 0.3) is 6.47 Å². The Hall–Kier alpha value is -8.97. The number of rotatable bonds is 11. The van der Waals surface area contributed by atoms with Gasteiger partial charge in [-0.3, -0.25) is 28.4 Å². The van der Waals surface area contributed by atoms with Crippen LogP contribution in [0.5, 0.6) is 17.2 Å². The van der Waals surface area contributed by atoms with Crippen molar-refractivity contribution in [2.24, 2.45) is 22.0 Å². The molecule has 0 atom stereocenters. The minimum absolute atomic E-state index is 0. The first kappa shape index (κ1) is 125. The fraction of sp³-hybridized carbons (Fsp3) is 0.235. The Morgan fingerprint density at radius 2 is 0.922 bits per heavy atom. The molecule has 128 heavy (non-hydrogen) atoms. The summed E-state index contributed by atoms with van der Waals surface area (Å²) in [5.74, 6) is -6.27. The van der Waals surface area contributed by atoms with Crippen molar-refractivity contribution in [1.82, 2.24) is 24.9 Å². The number of hydrogen-bond donors (Lipinski definition) is 5. The standard InChI is InChI=1S/C22H24FNO5.C13H9FN2O.C12H6ClFN2.C12H8FNO3.C6H6BFO2.C6H2Cl2N2.C5H9ClO.C4H8O.C3H7NO2.CH3F.CH2O3.2ClH.2K.H2O.H/c1-21(2,3)19(26)28-16-11-14(13-8-7-9-15(23)10-13)12-24-17(16)18(25)29-20(27)22(4,5)6;1-17-13-6-10(8-16-12(13)7-15)9-3-2-4-11(14)5-9;13-11-5-9(7-16-12(11)6-15)8-2-1-3-10(14)4-8;13-9-3-1-2-7(4-9)8-5-10(15)11(12(16)17)14-6-8;8-6-3-1-2-5(4-6)7(9)10;7-4-1-5(8)6(2-9)10-3-4;1-5(2,3)4(6)7;1-2-4-5-3-1;1-6-3(5)2-4;1-2;2-1-4-3;;;;;;/h7-12H,1-6H3;2-6,8H,1H3;1-5,7H;1-6,15H,(H,16,17);1-4,9-10H;1,3H;1-3H3;1-4H2;2,4H2,1H3;1H3;1,3H;2*1H;;;1H2;/q;;;;;;;;;;;;;2*+1;;-1/p-1/i;;;;;;;;;1D;;;;;;;. The molecule has 1 aliphatic heterocycles. The topological polar surface area (TPSA) is 472 Å². The van der Waals surface area contributed by atoms with Crippen LogP contribution in [0.1, 0.15) is 116 Å². The molecule has 0 unspecified atom stereocenters. The zero-order valence-electron chi connectivity index (χ0n) is 73.0. The van der Waals surface area contributed by atoms with E-state index < -0.39 is 77.9 Å². The van der Waals surface area contributed by atoms with Crippen LogP contribution in [0, 0.1) is 79.3 Å². The average molecular weight is 1960 g/mol. The number of ether oxygens (including phenoxy) is 5. The van der Waals surface area contributed by atoms with Gasteiger partial charge in [-0.2, -0.15) is 15.8 Å². The average Bonchev–Trinajstić information content (AvgIpc) is 0.896. The van der Waals surface area contributed by atoms with Crippen LogP contribution in [0.4, 0.5) is 26.3 Å². The molecule has 8 N–H and O–H groups in total. The van der Waals surface area contributed by atoms with Crippen molar-refractivity contribution in [3.05, 3.63) is 255 Å². The van der Waals surface area contributed by atoms with Crippen molar-refractivity contribution >= 4 is 125 Å². The first-order chi connectivity index (χ1) is 58.3. The number of alkyl halides is 1. The second kappa shape index (κ2) is 67.3. The molecule has 10 aromatic rings. The van der Waals surface area contributed by atoms with Crippen LogP contribution < -0.4 is 129 Å². The number of aromatic nitrogens is 5. The van der Waals surface area contributed by atoms with Crippen molar-refractivity contribution in [2.75, 3.05) is 41.1 Å². The summed E-state index contributed by atoms with van der Waals surface area (Å²) in [7, 11) is 0.179. The minimum atomic E-state index is -1.59. The van der Waals surface area contributed by atoms with E-state index >= 15 is 0 Å². The second-order valence-corrected chi connectivity index (χ2v) is 28.6. The molecule has 0 radical (unpaired) electrons. The number of hydrogen-bond acceptors (Lipinski definition) is 26. The number of pyridine rings is 5. The van der Waals surface area contributed by atoms with Gasteiger partial charge in [0.1, 0.15) is 53.0 Å². The maximum atomic E-state index is 13.6. The zero-order valence-corrected chi connectivity index (χ0v) is 81.9. The number of aromatic carboxylic acids is 1. The zero-order chi connectivity index (χ0) is 94.0. The van der Waals surface area contributed by atoms with E-state index in [1.165, 1.54) is 155 Å². The molecular weight excluding hydrogens is 1870 g/mol. The third-order valence-electron chi connectivity index (χ3n) is 14.4. The van der Waals surface area contributed by atoms with E-state index in [1.807, 2.05) is 18.2 Å². The normalized spacial score (nSPS) is 10.2. The van der Waals surface area contributed by atoms with E-state index in [-0.39, 0.29) is 220 Å². The van der Waals surface area contributed by atoms with E-state index in [0.717, 1.165) is 19.3 Å². The van der Waals surface area contributed by atoms with Crippen LogP contribution in [0.3, 0.4) is 0 Å². The van der Waals surface area contributed by atoms with Crippen molar-refractivity contribution in [3.8, 4) is 80.0 Å². The number of benzene rings is 5. The van der Waals surface area contributed by atoms with Gasteiger partial charge in [0.2, 0.25) is 5.24 Å². The maximum Gasteiger partial charge on any atom is 1.00 e. The van der Waals surface area contributed by atoms with E-state index in [1.54, 1.807) is 111 Å². The molecule has 0 bridgehead atoms. The van der Waals surface area contributed by atoms with Crippen LogP contribution in [-0.2, 0) is 43.1 Å². The summed E-state index contributed by atoms with van der Waals surface area (Å²) in [5, 5.41) is 70.2. The Morgan fingerprint density at radius 3 is 1.21 bits per heavy atom. The van der Waals surface area contributed by atoms with Gasteiger partial charge >= 0.3 is 140 Å². The number of esters is 4. The number of carbonyl (C=O) groups excluding carboxylic acids is 6. The molecule has 43 heteroatoms. The van der Waals surface area contributed by atoms with Crippen molar-refractivity contribution in [2.45, 2.75) is 75.2 Å². The molecular formula is C85H88BCl6F6K2N9O19. The van der Waals surface area contributed by atoms with Gasteiger partial charge in [-0.05, 0) is 185 Å². The Labute approximate surface area is 855 Å². The number of carbonyl (C=O) groups is 7. The van der Waals surface area contributed by atoms with Gasteiger partial charge in [0, 0.05) is 71.9 Å². The molecule has 6 heterocycles. The van der Waals surface area contributed by atoms with Gasteiger partial charge in [-0.15, -0.1) is 24.8 Å². The van der Waals surface area contributed by atoms with E-state index in [9.17, 15) is 60.2 Å². The van der Waals surface area contributed by atoms with E-state index in [2.05, 4.69) is 34.5 Å². The SMILES string of the molecule is C1CCOC1.CC(C)(C)C(=O)Cl.CC(C)(C)C(=O)OC(=O)c1ncc(-c2cccc(F)c2)cc1OC(=O)C(C)(C)C.COC(=O)CN.COc1cc(-c2cccc(F)c2)cnc1C#N.Cl.Cl.N#Cc1ncc(-c2cccc(F)c2)cc1Cl.N#Cc1ncc(Cl)cc1Cl.O.O=C(O)c1ncc(-c2cccc(F)c2)cc1O.O=CO[O-].OB(O)c1cccc(F)c1.[2H]CF.[H-].[K+].[K+]. The molecule has 0 saturated carbocycles. The van der Waals surface area contributed by atoms with Crippen LogP contribution in [-0.4, -0.2) is 140 Å². The molecule has 28 nitrogen and oxygen atoms in total. The summed E-state index contributed by atoms with van der Waals surface area (Å²) >= 11 is 22.0. The minimum Gasteiger partial charge on any atom is -1.00 e. The molecule has 5 aromatic heterocycles. The molecule has 11 rings (SSSR count). The van der Waals surface area contributed by atoms with Gasteiger partial charge in [-0.25, -0.2) is 56.5 Å². The molecule has 0 aliphatic carbocycles. The first-order valence-corrected chi connectivity index (χ1v) is 36.7. The third kappa shape index (κ3) is 49.7. The van der Waals surface area contributed by atoms with Crippen molar-refractivity contribution in [3.63, 3.8) is 0 Å². The Kier molecular flexibility index (Phi) is 65.8. The van der Waals surface area contributed by atoms with Crippen LogP contribution in [0.25, 0.3) is 44.5 Å². The maximum absolute atomic E-state index is 13.6. The number of carboxylic acids is 1. The fourth-order valence-electron chi connectivity index (χ4n) is 8.10. The number of nitriles is 3. The number of nitrogens with two attached hydrogens (primary N) is 1. The predicted molar refractivity (Wildman–Crippen MR) is 463 cm³/mol. The fourth-order valence-corrected chi connectivity index (χ4v) is 8.73. The third-order valence-corrected chi connectivity index (χ3v) is 15.7. The van der Waals surface area contributed by atoms with Crippen molar-refractivity contribution in [1.29, 1.82) is 15.8 Å². The van der Waals surface area contributed by atoms with Crippen LogP contribution >= 0.6 is 71.2 Å². The first-order valence-electron chi connectivity index (χ1n) is 35.9. The quantitative estimate of drug-likeness (QED) is 0.0117. The monoisotopic (exact) mass is 1950 g/mol. The smallest absolute Gasteiger partial charge is 1.00 e. The summed E-state index contributed by atoms with van der Waals surface area (Å²) in [4.78, 5) is 98.0. The predicted octanol–water partition coefficient (Wildman–Crippen LogP) is 9.68. The summed E-state index contributed by atoms with van der Waals surface area (Å²) in [6, 6.07) is 41.9. The Balaban J connectivity index is -0.000000341. The number of methoxy groups -OCH3 is 2. The molecule has 5 aromatic carbocycles. The van der Waals surface area contributed by atoms with Crippen molar-refractivity contribution < 1.29 is 225 Å². The molecule has 0 spiro atoms. The van der Waals surface area contributed by atoms with Crippen LogP contribution in [0.2, 0.25) is 15.1 Å². The van der Waals surface area contributed by atoms with Gasteiger partial charge in [-0.1, -0.05) is 116 Å². The molecule has 676 valence electrons. The van der Waals surface area contributed by atoms with Gasteiger partial charge in [0.05, 0.1) is 55.2 Å². The summed E-state index contributed by atoms with van der Waals surface area (Å²) in [5.41, 5.74) is 7.34. The van der Waals surface area contributed by atoms with Crippen LogP contribution in [0.15, 0.2) is 183 Å².